The Morgan fingerprint density at radius 3 is 2.06 bits per heavy atom. The number of hydrogen-bond donors (Lipinski definition) is 0. The van der Waals surface area contributed by atoms with Gasteiger partial charge in [0.1, 0.15) is 0 Å². The van der Waals surface area contributed by atoms with E-state index in [2.05, 4.69) is 20.3 Å². The van der Waals surface area contributed by atoms with Crippen LogP contribution in [0.25, 0.3) is 0 Å². The second-order valence-electron chi connectivity index (χ2n) is 3.56. The zero-order valence-electron chi connectivity index (χ0n) is 11.2. The standard InChI is InChI=1S/C14H20O3/c1-6-8-10-9-12(15-3)14(17-5)13(16-4)11(10)7-2/h9H,6-7H2,1-5H3. The van der Waals surface area contributed by atoms with Crippen LogP contribution < -0.4 is 14.2 Å². The van der Waals surface area contributed by atoms with Crippen molar-refractivity contribution in [3.63, 3.8) is 0 Å². The molecule has 0 spiro atoms. The van der Waals surface area contributed by atoms with Crippen molar-refractivity contribution in [2.24, 2.45) is 0 Å². The Labute approximate surface area is 104 Å². The number of rotatable bonds is 6. The van der Waals surface area contributed by atoms with Gasteiger partial charge in [-0.3, -0.25) is 0 Å². The lowest BCUT2D eigenvalue weighted by Crippen LogP contribution is -2.02. The fourth-order valence-electron chi connectivity index (χ4n) is 1.92. The quantitative estimate of drug-likeness (QED) is 0.759. The van der Waals surface area contributed by atoms with Gasteiger partial charge in [-0.15, -0.1) is 0 Å². The second-order valence-corrected chi connectivity index (χ2v) is 3.56. The highest BCUT2D eigenvalue weighted by atomic mass is 16.5. The topological polar surface area (TPSA) is 27.7 Å². The average molecular weight is 236 g/mol. The Hall–Kier alpha value is -1.38. The number of ether oxygens (including phenoxy) is 3. The zero-order valence-corrected chi connectivity index (χ0v) is 11.2. The first-order chi connectivity index (χ1) is 8.23. The Morgan fingerprint density at radius 1 is 1.00 bits per heavy atom. The van der Waals surface area contributed by atoms with Crippen LogP contribution in [0.5, 0.6) is 17.2 Å². The lowest BCUT2D eigenvalue weighted by Gasteiger charge is -2.18. The summed E-state index contributed by atoms with van der Waals surface area (Å²) in [6, 6.07) is 1.95. The molecule has 0 saturated heterocycles. The number of hydrogen-bond acceptors (Lipinski definition) is 3. The van der Waals surface area contributed by atoms with E-state index in [9.17, 15) is 0 Å². The van der Waals surface area contributed by atoms with E-state index in [0.717, 1.165) is 29.7 Å². The smallest absolute Gasteiger partial charge is 0.203 e. The number of methoxy groups -OCH3 is 3. The van der Waals surface area contributed by atoms with E-state index >= 15 is 0 Å². The Kier molecular flexibility index (Phi) is 5.13. The van der Waals surface area contributed by atoms with Gasteiger partial charge in [-0.1, -0.05) is 13.8 Å². The van der Waals surface area contributed by atoms with E-state index in [1.54, 1.807) is 21.3 Å². The van der Waals surface area contributed by atoms with Gasteiger partial charge in [-0.05, 0) is 24.5 Å². The van der Waals surface area contributed by atoms with Crippen LogP contribution in [-0.4, -0.2) is 21.3 Å². The molecule has 3 nitrogen and oxygen atoms in total. The summed E-state index contributed by atoms with van der Waals surface area (Å²) < 4.78 is 16.1. The Balaban J connectivity index is 3.42. The molecular formula is C14H20O3. The lowest BCUT2D eigenvalue weighted by atomic mass is 9.99. The van der Waals surface area contributed by atoms with Gasteiger partial charge >= 0.3 is 0 Å². The Morgan fingerprint density at radius 2 is 1.65 bits per heavy atom. The molecule has 0 fully saturated rings. The van der Waals surface area contributed by atoms with Gasteiger partial charge in [0.15, 0.2) is 11.5 Å². The summed E-state index contributed by atoms with van der Waals surface area (Å²) >= 11 is 0. The van der Waals surface area contributed by atoms with Gasteiger partial charge < -0.3 is 14.2 Å². The summed E-state index contributed by atoms with van der Waals surface area (Å²) in [7, 11) is 4.89. The van der Waals surface area contributed by atoms with E-state index in [4.69, 9.17) is 14.2 Å². The van der Waals surface area contributed by atoms with Crippen molar-refractivity contribution in [2.45, 2.75) is 26.7 Å². The normalized spacial score (nSPS) is 10.2. The average Bonchev–Trinajstić information content (AvgIpc) is 2.37. The van der Waals surface area contributed by atoms with Crippen molar-refractivity contribution in [1.29, 1.82) is 0 Å². The van der Waals surface area contributed by atoms with Crippen molar-refractivity contribution in [1.82, 2.24) is 0 Å². The van der Waals surface area contributed by atoms with Crippen LogP contribution in [0.4, 0.5) is 0 Å². The van der Waals surface area contributed by atoms with Crippen molar-refractivity contribution in [3.05, 3.63) is 23.6 Å². The van der Waals surface area contributed by atoms with Crippen molar-refractivity contribution in [3.8, 4) is 17.2 Å². The molecule has 1 aromatic carbocycles. The zero-order chi connectivity index (χ0) is 12.8. The van der Waals surface area contributed by atoms with Crippen molar-refractivity contribution in [2.75, 3.05) is 21.3 Å². The molecule has 0 aliphatic carbocycles. The van der Waals surface area contributed by atoms with Crippen LogP contribution >= 0.6 is 0 Å². The molecule has 1 rings (SSSR count). The van der Waals surface area contributed by atoms with Gasteiger partial charge in [0.25, 0.3) is 0 Å². The molecular weight excluding hydrogens is 216 g/mol. The summed E-state index contributed by atoms with van der Waals surface area (Å²) in [5, 5.41) is 0. The van der Waals surface area contributed by atoms with E-state index in [1.807, 2.05) is 6.07 Å². The minimum atomic E-state index is 0.647. The predicted octanol–water partition coefficient (Wildman–Crippen LogP) is 3.11. The molecule has 94 valence electrons. The molecule has 0 bridgehead atoms. The molecule has 0 aromatic heterocycles. The fourth-order valence-corrected chi connectivity index (χ4v) is 1.92. The monoisotopic (exact) mass is 236 g/mol. The first kappa shape index (κ1) is 13.7. The molecule has 1 aromatic rings. The molecule has 0 heterocycles. The summed E-state index contributed by atoms with van der Waals surface area (Å²) in [5.41, 5.74) is 2.14. The summed E-state index contributed by atoms with van der Waals surface area (Å²) in [5.74, 6) is 2.07. The molecule has 0 N–H and O–H groups in total. The molecule has 3 heteroatoms. The van der Waals surface area contributed by atoms with E-state index < -0.39 is 0 Å². The number of benzene rings is 1. The molecule has 0 aliphatic heterocycles. The van der Waals surface area contributed by atoms with Gasteiger partial charge in [-0.2, -0.15) is 0 Å². The van der Waals surface area contributed by atoms with Gasteiger partial charge in [0.05, 0.1) is 21.3 Å². The largest absolute Gasteiger partial charge is 0.493 e. The third kappa shape index (κ3) is 2.65. The predicted molar refractivity (Wildman–Crippen MR) is 68.1 cm³/mol. The van der Waals surface area contributed by atoms with Crippen LogP contribution in [0, 0.1) is 6.42 Å². The minimum absolute atomic E-state index is 0.647. The Bertz CT molecular complexity index is 372. The molecule has 0 unspecified atom stereocenters. The summed E-state index contributed by atoms with van der Waals surface area (Å²) in [6.07, 6.45) is 5.03. The molecule has 0 amide bonds. The molecule has 0 aliphatic rings. The van der Waals surface area contributed by atoms with Crippen molar-refractivity contribution < 1.29 is 14.2 Å². The van der Waals surface area contributed by atoms with E-state index in [1.165, 1.54) is 0 Å². The van der Waals surface area contributed by atoms with E-state index in [0.29, 0.717) is 11.5 Å². The maximum atomic E-state index is 5.44. The van der Waals surface area contributed by atoms with E-state index in [-0.39, 0.29) is 0 Å². The third-order valence-electron chi connectivity index (χ3n) is 2.65. The van der Waals surface area contributed by atoms with Crippen LogP contribution in [0.15, 0.2) is 6.07 Å². The SMILES string of the molecule is CC[C]c1cc(OC)c(OC)c(OC)c1CC. The first-order valence-electron chi connectivity index (χ1n) is 5.79. The van der Waals surface area contributed by atoms with Crippen molar-refractivity contribution >= 4 is 0 Å². The minimum Gasteiger partial charge on any atom is -0.493 e. The molecule has 17 heavy (non-hydrogen) atoms. The lowest BCUT2D eigenvalue weighted by molar-refractivity contribution is 0.322. The van der Waals surface area contributed by atoms with Gasteiger partial charge in [0, 0.05) is 12.0 Å². The highest BCUT2D eigenvalue weighted by Crippen LogP contribution is 2.42. The van der Waals surface area contributed by atoms with Gasteiger partial charge in [-0.25, -0.2) is 0 Å². The van der Waals surface area contributed by atoms with Crippen LogP contribution in [-0.2, 0) is 6.42 Å². The molecule has 0 atom stereocenters. The maximum Gasteiger partial charge on any atom is 0.203 e. The highest BCUT2D eigenvalue weighted by Gasteiger charge is 2.18. The highest BCUT2D eigenvalue weighted by molar-refractivity contribution is 5.60. The van der Waals surface area contributed by atoms with Gasteiger partial charge in [0.2, 0.25) is 5.75 Å². The third-order valence-corrected chi connectivity index (χ3v) is 2.65. The fraction of sp³-hybridized carbons (Fsp3) is 0.500. The molecule has 2 radical (unpaired) electrons. The summed E-state index contributed by atoms with van der Waals surface area (Å²) in [6.45, 7) is 4.15. The second kappa shape index (κ2) is 6.38. The van der Waals surface area contributed by atoms with Crippen LogP contribution in [0.1, 0.15) is 31.4 Å². The summed E-state index contributed by atoms with van der Waals surface area (Å²) in [4.78, 5) is 0. The van der Waals surface area contributed by atoms with Crippen LogP contribution in [0.3, 0.4) is 0 Å². The maximum absolute atomic E-state index is 5.44. The first-order valence-corrected chi connectivity index (χ1v) is 5.79. The molecule has 0 saturated carbocycles. The van der Waals surface area contributed by atoms with Crippen LogP contribution in [0.2, 0.25) is 0 Å².